The highest BCUT2D eigenvalue weighted by atomic mass is 15.3. The van der Waals surface area contributed by atoms with Gasteiger partial charge in [-0.15, -0.1) is 0 Å². The molecule has 2 heterocycles. The van der Waals surface area contributed by atoms with Crippen molar-refractivity contribution in [3.05, 3.63) is 48.3 Å². The second kappa shape index (κ2) is 6.27. The van der Waals surface area contributed by atoms with E-state index in [0.29, 0.717) is 6.04 Å². The molecule has 1 unspecified atom stereocenters. The van der Waals surface area contributed by atoms with Crippen LogP contribution in [0.4, 0.5) is 5.82 Å². The molecular weight excluding hydrogens is 296 g/mol. The lowest BCUT2D eigenvalue weighted by atomic mass is 9.92. The number of rotatable bonds is 4. The van der Waals surface area contributed by atoms with Crippen molar-refractivity contribution in [1.82, 2.24) is 14.6 Å². The SMILES string of the molecule is CCC(C)Nc1cc(C(C)(C)C)nc2c(-c3ccccc3)cnn12. The van der Waals surface area contributed by atoms with Crippen LogP contribution in [0, 0.1) is 0 Å². The van der Waals surface area contributed by atoms with Crippen LogP contribution in [0.2, 0.25) is 0 Å². The molecule has 1 aromatic carbocycles. The third kappa shape index (κ3) is 3.14. The van der Waals surface area contributed by atoms with Crippen LogP contribution in [0.15, 0.2) is 42.6 Å². The summed E-state index contributed by atoms with van der Waals surface area (Å²) in [5, 5.41) is 8.17. The first-order chi connectivity index (χ1) is 11.4. The van der Waals surface area contributed by atoms with Crippen molar-refractivity contribution in [3.8, 4) is 11.1 Å². The quantitative estimate of drug-likeness (QED) is 0.742. The highest BCUT2D eigenvalue weighted by Crippen LogP contribution is 2.29. The van der Waals surface area contributed by atoms with Crippen LogP contribution < -0.4 is 5.32 Å². The molecule has 0 bridgehead atoms. The Labute approximate surface area is 143 Å². The molecule has 1 atom stereocenters. The Bertz CT molecular complexity index is 828. The van der Waals surface area contributed by atoms with E-state index in [1.165, 1.54) is 0 Å². The first kappa shape index (κ1) is 16.5. The zero-order chi connectivity index (χ0) is 17.3. The molecule has 24 heavy (non-hydrogen) atoms. The van der Waals surface area contributed by atoms with Crippen molar-refractivity contribution < 1.29 is 0 Å². The van der Waals surface area contributed by atoms with Crippen molar-refractivity contribution in [1.29, 1.82) is 0 Å². The van der Waals surface area contributed by atoms with E-state index in [0.717, 1.165) is 34.7 Å². The zero-order valence-corrected chi connectivity index (χ0v) is 15.2. The average Bonchev–Trinajstić information content (AvgIpc) is 2.99. The fraction of sp³-hybridized carbons (Fsp3) is 0.400. The van der Waals surface area contributed by atoms with Gasteiger partial charge in [0.1, 0.15) is 5.82 Å². The molecule has 0 amide bonds. The maximum Gasteiger partial charge on any atom is 0.165 e. The summed E-state index contributed by atoms with van der Waals surface area (Å²) in [6.07, 6.45) is 2.97. The van der Waals surface area contributed by atoms with Crippen LogP contribution in [0.1, 0.15) is 46.7 Å². The largest absolute Gasteiger partial charge is 0.367 e. The standard InChI is InChI=1S/C20H26N4/c1-6-14(2)22-18-12-17(20(3,4)5)23-19-16(13-21-24(18)19)15-10-8-7-9-11-15/h7-14,22H,6H2,1-5H3. The van der Waals surface area contributed by atoms with E-state index in [1.54, 1.807) is 0 Å². The number of hydrogen-bond donors (Lipinski definition) is 1. The number of nitrogens with zero attached hydrogens (tertiary/aromatic N) is 3. The minimum absolute atomic E-state index is 0.0220. The van der Waals surface area contributed by atoms with Gasteiger partial charge in [-0.1, -0.05) is 58.0 Å². The average molecular weight is 322 g/mol. The summed E-state index contributed by atoms with van der Waals surface area (Å²) >= 11 is 0. The summed E-state index contributed by atoms with van der Waals surface area (Å²) in [4.78, 5) is 4.94. The number of fused-ring (bicyclic) bond motifs is 1. The minimum Gasteiger partial charge on any atom is -0.367 e. The lowest BCUT2D eigenvalue weighted by Crippen LogP contribution is -2.20. The van der Waals surface area contributed by atoms with Crippen LogP contribution >= 0.6 is 0 Å². The van der Waals surface area contributed by atoms with Gasteiger partial charge in [-0.25, -0.2) is 4.98 Å². The van der Waals surface area contributed by atoms with E-state index in [1.807, 2.05) is 28.9 Å². The molecule has 1 N–H and O–H groups in total. The van der Waals surface area contributed by atoms with E-state index in [9.17, 15) is 0 Å². The summed E-state index contributed by atoms with van der Waals surface area (Å²) in [5.74, 6) is 1.00. The van der Waals surface area contributed by atoms with Crippen LogP contribution in [-0.2, 0) is 5.41 Å². The highest BCUT2D eigenvalue weighted by Gasteiger charge is 2.21. The lowest BCUT2D eigenvalue weighted by Gasteiger charge is -2.21. The second-order valence-corrected chi connectivity index (χ2v) is 7.39. The molecule has 2 aromatic heterocycles. The summed E-state index contributed by atoms with van der Waals surface area (Å²) in [6, 6.07) is 12.8. The van der Waals surface area contributed by atoms with Crippen molar-refractivity contribution >= 4 is 11.5 Å². The lowest BCUT2D eigenvalue weighted by molar-refractivity contribution is 0.568. The Hall–Kier alpha value is -2.36. The predicted octanol–water partition coefficient (Wildman–Crippen LogP) is 4.90. The minimum atomic E-state index is -0.0220. The summed E-state index contributed by atoms with van der Waals surface area (Å²) in [6.45, 7) is 10.9. The fourth-order valence-electron chi connectivity index (χ4n) is 2.63. The van der Waals surface area contributed by atoms with E-state index in [-0.39, 0.29) is 5.41 Å². The van der Waals surface area contributed by atoms with Crippen molar-refractivity contribution in [2.75, 3.05) is 5.32 Å². The van der Waals surface area contributed by atoms with Gasteiger partial charge in [0, 0.05) is 23.1 Å². The molecule has 126 valence electrons. The van der Waals surface area contributed by atoms with Gasteiger partial charge in [0.05, 0.1) is 11.9 Å². The molecule has 0 spiro atoms. The molecule has 4 heteroatoms. The molecular formula is C20H26N4. The van der Waals surface area contributed by atoms with Gasteiger partial charge >= 0.3 is 0 Å². The van der Waals surface area contributed by atoms with Crippen LogP contribution in [0.3, 0.4) is 0 Å². The molecule has 0 saturated heterocycles. The third-order valence-electron chi connectivity index (χ3n) is 4.33. The van der Waals surface area contributed by atoms with E-state index < -0.39 is 0 Å². The highest BCUT2D eigenvalue weighted by molar-refractivity contribution is 5.78. The van der Waals surface area contributed by atoms with Gasteiger partial charge in [0.25, 0.3) is 0 Å². The van der Waals surface area contributed by atoms with E-state index in [2.05, 4.69) is 63.2 Å². The number of aromatic nitrogens is 3. The summed E-state index contributed by atoms with van der Waals surface area (Å²) in [7, 11) is 0. The Morgan fingerprint density at radius 1 is 1.17 bits per heavy atom. The molecule has 3 aromatic rings. The number of nitrogens with one attached hydrogen (secondary N) is 1. The van der Waals surface area contributed by atoms with Gasteiger partial charge in [0.15, 0.2) is 5.65 Å². The maximum atomic E-state index is 4.94. The first-order valence-electron chi connectivity index (χ1n) is 8.61. The maximum absolute atomic E-state index is 4.94. The summed E-state index contributed by atoms with van der Waals surface area (Å²) in [5.41, 5.74) is 4.15. The van der Waals surface area contributed by atoms with E-state index in [4.69, 9.17) is 4.98 Å². The monoisotopic (exact) mass is 322 g/mol. The smallest absolute Gasteiger partial charge is 0.165 e. The van der Waals surface area contributed by atoms with Crippen LogP contribution in [-0.4, -0.2) is 20.6 Å². The van der Waals surface area contributed by atoms with Gasteiger partial charge in [-0.05, 0) is 18.9 Å². The number of benzene rings is 1. The van der Waals surface area contributed by atoms with Gasteiger partial charge in [-0.3, -0.25) is 0 Å². The van der Waals surface area contributed by atoms with Gasteiger partial charge < -0.3 is 5.32 Å². The second-order valence-electron chi connectivity index (χ2n) is 7.39. The van der Waals surface area contributed by atoms with E-state index >= 15 is 0 Å². The fourth-order valence-corrected chi connectivity index (χ4v) is 2.63. The Morgan fingerprint density at radius 3 is 2.50 bits per heavy atom. The number of anilines is 1. The van der Waals surface area contributed by atoms with Crippen LogP contribution in [0.5, 0.6) is 0 Å². The Balaban J connectivity index is 2.22. The number of hydrogen-bond acceptors (Lipinski definition) is 3. The van der Waals surface area contributed by atoms with Crippen molar-refractivity contribution in [2.45, 2.75) is 52.5 Å². The topological polar surface area (TPSA) is 42.2 Å². The molecule has 0 aliphatic rings. The third-order valence-corrected chi connectivity index (χ3v) is 4.33. The molecule has 0 saturated carbocycles. The Kier molecular flexibility index (Phi) is 4.31. The molecule has 0 aliphatic heterocycles. The normalized spacial score (nSPS) is 13.2. The molecule has 0 aliphatic carbocycles. The molecule has 0 radical (unpaired) electrons. The molecule has 3 rings (SSSR count). The van der Waals surface area contributed by atoms with Gasteiger partial charge in [-0.2, -0.15) is 9.61 Å². The first-order valence-corrected chi connectivity index (χ1v) is 8.61. The Morgan fingerprint density at radius 2 is 1.88 bits per heavy atom. The summed E-state index contributed by atoms with van der Waals surface area (Å²) < 4.78 is 1.92. The predicted molar refractivity (Wildman–Crippen MR) is 100 cm³/mol. The van der Waals surface area contributed by atoms with Crippen molar-refractivity contribution in [2.24, 2.45) is 0 Å². The zero-order valence-electron chi connectivity index (χ0n) is 15.2. The van der Waals surface area contributed by atoms with Crippen LogP contribution in [0.25, 0.3) is 16.8 Å². The molecule has 0 fully saturated rings. The molecule has 4 nitrogen and oxygen atoms in total. The van der Waals surface area contributed by atoms with Crippen molar-refractivity contribution in [3.63, 3.8) is 0 Å². The van der Waals surface area contributed by atoms with Gasteiger partial charge in [0.2, 0.25) is 0 Å².